The quantitative estimate of drug-likeness (QED) is 0.424. The Bertz CT molecular complexity index is 1150. The number of phenolic OH excluding ortho intramolecular Hbond substituents is 1. The lowest BCUT2D eigenvalue weighted by Gasteiger charge is -2.34. The maximum absolute atomic E-state index is 11.0. The average molecular weight is 413 g/mol. The van der Waals surface area contributed by atoms with E-state index in [1.54, 1.807) is 7.11 Å². The van der Waals surface area contributed by atoms with Crippen molar-refractivity contribution in [1.29, 1.82) is 0 Å². The highest BCUT2D eigenvalue weighted by molar-refractivity contribution is 5.89. The summed E-state index contributed by atoms with van der Waals surface area (Å²) in [5, 5.41) is 12.2. The molecule has 0 amide bonds. The molecule has 0 saturated heterocycles. The Morgan fingerprint density at radius 3 is 2.52 bits per heavy atom. The predicted octanol–water partition coefficient (Wildman–Crippen LogP) is 5.75. The summed E-state index contributed by atoms with van der Waals surface area (Å²) in [6, 6.07) is 24.8. The molecule has 4 aromatic rings. The van der Waals surface area contributed by atoms with Gasteiger partial charge in [-0.05, 0) is 41.7 Å². The zero-order valence-corrected chi connectivity index (χ0v) is 17.8. The second kappa shape index (κ2) is 8.58. The van der Waals surface area contributed by atoms with Crippen LogP contribution >= 0.6 is 0 Å². The van der Waals surface area contributed by atoms with Crippen molar-refractivity contribution in [2.75, 3.05) is 13.7 Å². The van der Waals surface area contributed by atoms with Gasteiger partial charge in [0.15, 0.2) is 0 Å². The Kier molecular flexibility index (Phi) is 5.49. The maximum Gasteiger partial charge on any atom is 0.121 e. The first-order chi connectivity index (χ1) is 15.2. The van der Waals surface area contributed by atoms with E-state index < -0.39 is 0 Å². The Balaban J connectivity index is 1.60. The molecule has 0 fully saturated rings. The molecule has 4 nitrogen and oxygen atoms in total. The smallest absolute Gasteiger partial charge is 0.121 e. The summed E-state index contributed by atoms with van der Waals surface area (Å²) in [5.74, 6) is 0.362. The molecule has 0 saturated carbocycles. The van der Waals surface area contributed by atoms with Gasteiger partial charge in [-0.3, -0.25) is 4.90 Å². The molecule has 1 aliphatic heterocycles. The predicted molar refractivity (Wildman–Crippen MR) is 124 cm³/mol. The van der Waals surface area contributed by atoms with Gasteiger partial charge in [-0.15, -0.1) is 0 Å². The number of benzene rings is 3. The zero-order valence-electron chi connectivity index (χ0n) is 17.8. The molecule has 2 unspecified atom stereocenters. The summed E-state index contributed by atoms with van der Waals surface area (Å²) < 4.78 is 5.97. The normalized spacial score (nSPS) is 17.5. The molecule has 0 aliphatic carbocycles. The maximum atomic E-state index is 11.0. The molecule has 1 aliphatic rings. The van der Waals surface area contributed by atoms with Crippen LogP contribution in [0.3, 0.4) is 0 Å². The largest absolute Gasteiger partial charge is 0.508 e. The van der Waals surface area contributed by atoms with Gasteiger partial charge >= 0.3 is 0 Å². The summed E-state index contributed by atoms with van der Waals surface area (Å²) in [7, 11) is 1.78. The third kappa shape index (κ3) is 3.85. The molecule has 2 heterocycles. The van der Waals surface area contributed by atoms with Crippen molar-refractivity contribution < 1.29 is 9.84 Å². The van der Waals surface area contributed by atoms with Crippen LogP contribution < -0.4 is 0 Å². The summed E-state index contributed by atoms with van der Waals surface area (Å²) >= 11 is 0. The first-order valence-electron chi connectivity index (χ1n) is 10.9. The fourth-order valence-corrected chi connectivity index (χ4v) is 4.96. The Morgan fingerprint density at radius 1 is 1.03 bits per heavy atom. The third-order valence-corrected chi connectivity index (χ3v) is 6.51. The van der Waals surface area contributed by atoms with Crippen LogP contribution in [0.1, 0.15) is 40.8 Å². The van der Waals surface area contributed by atoms with E-state index in [0.717, 1.165) is 42.6 Å². The van der Waals surface area contributed by atoms with Crippen LogP contribution in [0.5, 0.6) is 5.75 Å². The van der Waals surface area contributed by atoms with Crippen molar-refractivity contribution in [2.24, 2.45) is 0 Å². The van der Waals surface area contributed by atoms with E-state index in [1.165, 1.54) is 16.5 Å². The molecule has 1 aromatic heterocycles. The first-order valence-corrected chi connectivity index (χ1v) is 10.9. The number of H-pyrrole nitrogens is 1. The van der Waals surface area contributed by atoms with E-state index in [9.17, 15) is 5.11 Å². The minimum atomic E-state index is -0.0559. The number of aromatic amines is 1. The van der Waals surface area contributed by atoms with Crippen LogP contribution in [0, 0.1) is 0 Å². The van der Waals surface area contributed by atoms with Gasteiger partial charge < -0.3 is 14.8 Å². The lowest BCUT2D eigenvalue weighted by atomic mass is 9.92. The fraction of sp³-hybridized carbons (Fsp3) is 0.259. The van der Waals surface area contributed by atoms with E-state index in [-0.39, 0.29) is 12.1 Å². The summed E-state index contributed by atoms with van der Waals surface area (Å²) in [4.78, 5) is 5.90. The van der Waals surface area contributed by atoms with Gasteiger partial charge in [-0.2, -0.15) is 0 Å². The molecule has 4 heteroatoms. The Hall–Kier alpha value is -3.08. The van der Waals surface area contributed by atoms with Gasteiger partial charge in [0, 0.05) is 48.9 Å². The van der Waals surface area contributed by atoms with E-state index in [1.807, 2.05) is 18.2 Å². The number of aromatic hydroxyl groups is 1. The summed E-state index contributed by atoms with van der Waals surface area (Å²) in [5.41, 5.74) is 5.81. The number of phenols is 1. The van der Waals surface area contributed by atoms with Gasteiger partial charge in [0.1, 0.15) is 5.75 Å². The molecule has 0 spiro atoms. The minimum absolute atomic E-state index is 0.0334. The molecule has 2 N–H and O–H groups in total. The SMILES string of the molecule is COC(CC1c2c(O)ccc3[nH]cc(c23)CCN1Cc1ccccc1)c1ccccc1. The molecule has 158 valence electrons. The number of aromatic nitrogens is 1. The lowest BCUT2D eigenvalue weighted by Crippen LogP contribution is -2.31. The molecule has 2 atom stereocenters. The van der Waals surface area contributed by atoms with Crippen molar-refractivity contribution in [3.05, 3.63) is 101 Å². The van der Waals surface area contributed by atoms with E-state index >= 15 is 0 Å². The number of hydrogen-bond acceptors (Lipinski definition) is 3. The molecule has 3 aromatic carbocycles. The number of hydrogen-bond donors (Lipinski definition) is 2. The third-order valence-electron chi connectivity index (χ3n) is 6.51. The van der Waals surface area contributed by atoms with Gasteiger partial charge in [0.05, 0.1) is 6.10 Å². The summed E-state index contributed by atoms with van der Waals surface area (Å²) in [6.45, 7) is 1.76. The van der Waals surface area contributed by atoms with Gasteiger partial charge in [0.25, 0.3) is 0 Å². The van der Waals surface area contributed by atoms with Gasteiger partial charge in [-0.25, -0.2) is 0 Å². The fourth-order valence-electron chi connectivity index (χ4n) is 4.96. The number of nitrogens with one attached hydrogen (secondary N) is 1. The van der Waals surface area contributed by atoms with Crippen LogP contribution in [0.25, 0.3) is 10.9 Å². The van der Waals surface area contributed by atoms with E-state index in [4.69, 9.17) is 4.74 Å². The molecule has 0 radical (unpaired) electrons. The second-order valence-electron chi connectivity index (χ2n) is 8.33. The molecular weight excluding hydrogens is 384 g/mol. The molecule has 0 bridgehead atoms. The van der Waals surface area contributed by atoms with Crippen molar-refractivity contribution >= 4 is 10.9 Å². The topological polar surface area (TPSA) is 48.5 Å². The zero-order chi connectivity index (χ0) is 21.2. The summed E-state index contributed by atoms with van der Waals surface area (Å²) in [6.07, 6.45) is 3.76. The lowest BCUT2D eigenvalue weighted by molar-refractivity contribution is 0.0568. The van der Waals surface area contributed by atoms with Gasteiger partial charge in [0.2, 0.25) is 0 Å². The minimum Gasteiger partial charge on any atom is -0.508 e. The van der Waals surface area contributed by atoms with Crippen LogP contribution in [0.15, 0.2) is 79.0 Å². The molecular formula is C27H28N2O2. The van der Waals surface area contributed by atoms with Gasteiger partial charge in [-0.1, -0.05) is 60.7 Å². The number of rotatable bonds is 6. The second-order valence-corrected chi connectivity index (χ2v) is 8.33. The highest BCUT2D eigenvalue weighted by Gasteiger charge is 2.32. The number of nitrogens with zero attached hydrogens (tertiary/aromatic N) is 1. The van der Waals surface area contributed by atoms with E-state index in [2.05, 4.69) is 70.7 Å². The van der Waals surface area contributed by atoms with Crippen molar-refractivity contribution in [3.63, 3.8) is 0 Å². The highest BCUT2D eigenvalue weighted by Crippen LogP contribution is 2.44. The van der Waals surface area contributed by atoms with Crippen molar-refractivity contribution in [1.82, 2.24) is 9.88 Å². The Morgan fingerprint density at radius 2 is 1.77 bits per heavy atom. The first kappa shape index (κ1) is 19.9. The number of ether oxygens (including phenoxy) is 1. The van der Waals surface area contributed by atoms with Crippen molar-refractivity contribution in [3.8, 4) is 5.75 Å². The van der Waals surface area contributed by atoms with Crippen LogP contribution in [0.4, 0.5) is 0 Å². The standard InChI is InChI=1S/C27H28N2O2/c1-31-25(20-10-6-3-7-11-20)16-23-27-24(30)13-12-22-26(27)21(17-28-22)14-15-29(23)18-19-8-4-2-5-9-19/h2-13,17,23,25,28,30H,14-16,18H2,1H3. The van der Waals surface area contributed by atoms with Crippen LogP contribution in [-0.2, 0) is 17.7 Å². The average Bonchev–Trinajstić information content (AvgIpc) is 3.15. The molecule has 5 rings (SSSR count). The Labute approximate surface area is 183 Å². The number of methoxy groups -OCH3 is 1. The van der Waals surface area contributed by atoms with Crippen LogP contribution in [-0.4, -0.2) is 28.6 Å². The molecule has 31 heavy (non-hydrogen) atoms. The van der Waals surface area contributed by atoms with Crippen LogP contribution in [0.2, 0.25) is 0 Å². The van der Waals surface area contributed by atoms with Crippen molar-refractivity contribution in [2.45, 2.75) is 31.5 Å². The van der Waals surface area contributed by atoms with E-state index in [0.29, 0.717) is 5.75 Å². The highest BCUT2D eigenvalue weighted by atomic mass is 16.5. The monoisotopic (exact) mass is 412 g/mol.